The van der Waals surface area contributed by atoms with Gasteiger partial charge in [0.25, 0.3) is 0 Å². The van der Waals surface area contributed by atoms with Crippen LogP contribution in [0.4, 0.5) is 5.82 Å². The van der Waals surface area contributed by atoms with E-state index in [0.717, 1.165) is 47.3 Å². The number of aryl methyl sites for hydroxylation is 1. The molecule has 1 aliphatic heterocycles. The predicted molar refractivity (Wildman–Crippen MR) is 75.7 cm³/mol. The molecule has 0 aromatic carbocycles. The van der Waals surface area contributed by atoms with E-state index in [1.54, 1.807) is 6.33 Å². The highest BCUT2D eigenvalue weighted by Crippen LogP contribution is 2.28. The number of nitrogens with one attached hydrogen (secondary N) is 2. The van der Waals surface area contributed by atoms with E-state index < -0.39 is 0 Å². The van der Waals surface area contributed by atoms with E-state index in [4.69, 9.17) is 0 Å². The Morgan fingerprint density at radius 1 is 1.39 bits per heavy atom. The van der Waals surface area contributed by atoms with Gasteiger partial charge < -0.3 is 15.2 Å². The minimum Gasteiger partial charge on any atom is -0.365 e. The van der Waals surface area contributed by atoms with E-state index in [1.165, 1.54) is 0 Å². The van der Waals surface area contributed by atoms with Crippen LogP contribution in [0.25, 0.3) is 11.0 Å². The molecule has 1 fully saturated rings. The van der Waals surface area contributed by atoms with Crippen molar-refractivity contribution in [3.05, 3.63) is 17.0 Å². The van der Waals surface area contributed by atoms with Crippen LogP contribution in [0.2, 0.25) is 0 Å². The molecule has 3 heterocycles. The highest BCUT2D eigenvalue weighted by molar-refractivity contribution is 9.10. The number of fused-ring (bicyclic) bond motifs is 1. The first kappa shape index (κ1) is 11.9. The first-order valence-electron chi connectivity index (χ1n) is 6.18. The zero-order valence-corrected chi connectivity index (χ0v) is 11.9. The van der Waals surface area contributed by atoms with Gasteiger partial charge in [-0.25, -0.2) is 9.97 Å². The Morgan fingerprint density at radius 3 is 2.94 bits per heavy atom. The minimum atomic E-state index is 0.498. The molecule has 3 rings (SSSR count). The highest BCUT2D eigenvalue weighted by Gasteiger charge is 2.17. The van der Waals surface area contributed by atoms with Gasteiger partial charge in [0.05, 0.1) is 4.47 Å². The Hall–Kier alpha value is -1.14. The molecule has 0 amide bonds. The highest BCUT2D eigenvalue weighted by atomic mass is 79.9. The lowest BCUT2D eigenvalue weighted by molar-refractivity contribution is 0.478. The Balaban J connectivity index is 1.95. The van der Waals surface area contributed by atoms with Gasteiger partial charge in [-0.15, -0.1) is 0 Å². The van der Waals surface area contributed by atoms with Gasteiger partial charge in [-0.2, -0.15) is 0 Å². The summed E-state index contributed by atoms with van der Waals surface area (Å²) in [4.78, 5) is 8.72. The molecule has 0 saturated carbocycles. The summed E-state index contributed by atoms with van der Waals surface area (Å²) in [5.74, 6) is 0.931. The van der Waals surface area contributed by atoms with Gasteiger partial charge in [0, 0.05) is 19.3 Å². The van der Waals surface area contributed by atoms with E-state index in [9.17, 15) is 0 Å². The molecule has 0 aliphatic carbocycles. The van der Waals surface area contributed by atoms with Crippen molar-refractivity contribution in [3.8, 4) is 0 Å². The number of hydrogen-bond donors (Lipinski definition) is 2. The van der Waals surface area contributed by atoms with Crippen molar-refractivity contribution in [3.63, 3.8) is 0 Å². The van der Waals surface area contributed by atoms with Crippen LogP contribution in [0, 0.1) is 0 Å². The molecule has 96 valence electrons. The molecule has 0 unspecified atom stereocenters. The van der Waals surface area contributed by atoms with E-state index in [-0.39, 0.29) is 0 Å². The largest absolute Gasteiger partial charge is 0.365 e. The van der Waals surface area contributed by atoms with Crippen molar-refractivity contribution in [1.82, 2.24) is 19.9 Å². The lowest BCUT2D eigenvalue weighted by Crippen LogP contribution is -2.35. The molecule has 0 spiro atoms. The summed E-state index contributed by atoms with van der Waals surface area (Å²) in [7, 11) is 2.02. The van der Waals surface area contributed by atoms with Crippen LogP contribution in [0.5, 0.6) is 0 Å². The number of anilines is 1. The second-order valence-corrected chi connectivity index (χ2v) is 5.53. The number of nitrogens with zero attached hydrogens (tertiary/aromatic N) is 3. The van der Waals surface area contributed by atoms with E-state index in [1.807, 2.05) is 13.2 Å². The molecule has 0 atom stereocenters. The quantitative estimate of drug-likeness (QED) is 0.889. The third-order valence-electron chi connectivity index (χ3n) is 3.39. The van der Waals surface area contributed by atoms with Crippen LogP contribution in [0.1, 0.15) is 12.8 Å². The third-order valence-corrected chi connectivity index (χ3v) is 3.97. The SMILES string of the molecule is Cn1cc(Br)c2ncnc(NC3CCNCC3)c21. The van der Waals surface area contributed by atoms with Crippen LogP contribution in [-0.2, 0) is 7.05 Å². The maximum Gasteiger partial charge on any atom is 0.154 e. The number of aromatic nitrogens is 3. The summed E-state index contributed by atoms with van der Waals surface area (Å²) in [6.45, 7) is 2.14. The van der Waals surface area contributed by atoms with Gasteiger partial charge in [-0.1, -0.05) is 0 Å². The topological polar surface area (TPSA) is 54.8 Å². The Morgan fingerprint density at radius 2 is 2.17 bits per heavy atom. The third kappa shape index (κ3) is 2.10. The number of hydrogen-bond acceptors (Lipinski definition) is 4. The minimum absolute atomic E-state index is 0.498. The number of rotatable bonds is 2. The van der Waals surface area contributed by atoms with Crippen LogP contribution in [0.15, 0.2) is 17.0 Å². The zero-order chi connectivity index (χ0) is 12.5. The molecule has 5 nitrogen and oxygen atoms in total. The maximum absolute atomic E-state index is 4.39. The van der Waals surface area contributed by atoms with Gasteiger partial charge in [-0.05, 0) is 41.9 Å². The molecule has 2 aromatic heterocycles. The first-order valence-corrected chi connectivity index (χ1v) is 6.98. The maximum atomic E-state index is 4.39. The summed E-state index contributed by atoms with van der Waals surface area (Å²) in [6, 6.07) is 0.498. The summed E-state index contributed by atoms with van der Waals surface area (Å²) in [5, 5.41) is 6.91. The molecule has 0 bridgehead atoms. The predicted octanol–water partition coefficient (Wildman–Crippen LogP) is 1.89. The molecule has 0 radical (unpaired) electrons. The fraction of sp³-hybridized carbons (Fsp3) is 0.500. The number of halogens is 1. The zero-order valence-electron chi connectivity index (χ0n) is 10.3. The lowest BCUT2D eigenvalue weighted by Gasteiger charge is -2.24. The van der Waals surface area contributed by atoms with Gasteiger partial charge in [0.2, 0.25) is 0 Å². The van der Waals surface area contributed by atoms with E-state index in [2.05, 4.69) is 41.1 Å². The normalized spacial score (nSPS) is 17.2. The average Bonchev–Trinajstić information content (AvgIpc) is 2.67. The van der Waals surface area contributed by atoms with Crippen LogP contribution >= 0.6 is 15.9 Å². The molecule has 2 aromatic rings. The van der Waals surface area contributed by atoms with E-state index in [0.29, 0.717) is 6.04 Å². The summed E-state index contributed by atoms with van der Waals surface area (Å²) in [5.41, 5.74) is 2.02. The van der Waals surface area contributed by atoms with Gasteiger partial charge in [0.1, 0.15) is 17.4 Å². The molecule has 18 heavy (non-hydrogen) atoms. The molecule has 2 N–H and O–H groups in total. The second kappa shape index (κ2) is 4.85. The number of piperidine rings is 1. The van der Waals surface area contributed by atoms with Crippen molar-refractivity contribution in [2.75, 3.05) is 18.4 Å². The second-order valence-electron chi connectivity index (χ2n) is 4.68. The standard InChI is InChI=1S/C12H16BrN5/c1-18-6-9(13)10-11(18)12(16-7-15-10)17-8-2-4-14-5-3-8/h6-8,14H,2-5H2,1H3,(H,15,16,17). The van der Waals surface area contributed by atoms with Crippen molar-refractivity contribution < 1.29 is 0 Å². The first-order chi connectivity index (χ1) is 8.75. The summed E-state index contributed by atoms with van der Waals surface area (Å²) >= 11 is 3.53. The molecular weight excluding hydrogens is 294 g/mol. The summed E-state index contributed by atoms with van der Waals surface area (Å²) in [6.07, 6.45) is 5.91. The fourth-order valence-corrected chi connectivity index (χ4v) is 3.05. The summed E-state index contributed by atoms with van der Waals surface area (Å²) < 4.78 is 3.07. The average molecular weight is 310 g/mol. The van der Waals surface area contributed by atoms with Crippen LogP contribution in [0.3, 0.4) is 0 Å². The molecule has 1 aliphatic rings. The molecular formula is C12H16BrN5. The van der Waals surface area contributed by atoms with Gasteiger partial charge in [0.15, 0.2) is 5.82 Å². The fourth-order valence-electron chi connectivity index (χ4n) is 2.45. The van der Waals surface area contributed by atoms with Gasteiger partial charge >= 0.3 is 0 Å². The Labute approximate surface area is 114 Å². The van der Waals surface area contributed by atoms with Crippen molar-refractivity contribution in [2.45, 2.75) is 18.9 Å². The molecule has 1 saturated heterocycles. The smallest absolute Gasteiger partial charge is 0.154 e. The van der Waals surface area contributed by atoms with E-state index >= 15 is 0 Å². The van der Waals surface area contributed by atoms with Crippen LogP contribution in [-0.4, -0.2) is 33.7 Å². The van der Waals surface area contributed by atoms with Crippen molar-refractivity contribution in [1.29, 1.82) is 0 Å². The lowest BCUT2D eigenvalue weighted by atomic mass is 10.1. The Bertz CT molecular complexity index is 559. The van der Waals surface area contributed by atoms with Crippen molar-refractivity contribution in [2.24, 2.45) is 7.05 Å². The van der Waals surface area contributed by atoms with Crippen molar-refractivity contribution >= 4 is 32.8 Å². The molecule has 6 heteroatoms. The van der Waals surface area contributed by atoms with Crippen LogP contribution < -0.4 is 10.6 Å². The van der Waals surface area contributed by atoms with Gasteiger partial charge in [-0.3, -0.25) is 0 Å². The monoisotopic (exact) mass is 309 g/mol. The Kier molecular flexibility index (Phi) is 3.22.